The van der Waals surface area contributed by atoms with Crippen molar-refractivity contribution in [1.82, 2.24) is 0 Å². The zero-order valence-corrected chi connectivity index (χ0v) is 17.7. The van der Waals surface area contributed by atoms with Gasteiger partial charge in [0, 0.05) is 10.6 Å². The first-order chi connectivity index (χ1) is 12.3. The van der Waals surface area contributed by atoms with Gasteiger partial charge in [-0.3, -0.25) is 0 Å². The summed E-state index contributed by atoms with van der Waals surface area (Å²) in [4.78, 5) is 0. The van der Waals surface area contributed by atoms with Gasteiger partial charge in [-0.15, -0.1) is 0 Å². The molecule has 2 aromatic carbocycles. The van der Waals surface area contributed by atoms with Crippen molar-refractivity contribution in [2.75, 3.05) is 6.61 Å². The normalized spacial score (nSPS) is 11.4. The Kier molecular flexibility index (Phi) is 7.40. The molecule has 26 heavy (non-hydrogen) atoms. The van der Waals surface area contributed by atoms with Crippen molar-refractivity contribution in [1.29, 1.82) is 5.26 Å². The number of hydrogen-bond acceptors (Lipinski definition) is 3. The number of hydrogen-bond donors (Lipinski definition) is 0. The molecule has 0 saturated carbocycles. The number of rotatable bonds is 6. The molecule has 0 aliphatic heterocycles. The fourth-order valence-corrected chi connectivity index (χ4v) is 3.39. The van der Waals surface area contributed by atoms with E-state index in [1.807, 2.05) is 32.9 Å². The maximum absolute atomic E-state index is 9.57. The van der Waals surface area contributed by atoms with Crippen molar-refractivity contribution >= 4 is 50.8 Å². The molecule has 0 radical (unpaired) electrons. The molecule has 0 atom stereocenters. The van der Waals surface area contributed by atoms with Crippen LogP contribution in [0, 0.1) is 11.3 Å². The lowest BCUT2D eigenvalue weighted by Crippen LogP contribution is -2.08. The van der Waals surface area contributed by atoms with Gasteiger partial charge in [-0.05, 0) is 72.6 Å². The van der Waals surface area contributed by atoms with E-state index in [4.69, 9.17) is 32.7 Å². The first-order valence-electron chi connectivity index (χ1n) is 8.06. The van der Waals surface area contributed by atoms with Crippen molar-refractivity contribution in [3.8, 4) is 17.6 Å². The Morgan fingerprint density at radius 3 is 2.58 bits per heavy atom. The fraction of sp³-hybridized carbons (Fsp3) is 0.250. The summed E-state index contributed by atoms with van der Waals surface area (Å²) in [5.41, 5.74) is 1.84. The number of ether oxygens (including phenoxy) is 2. The Morgan fingerprint density at radius 2 is 2.00 bits per heavy atom. The maximum Gasteiger partial charge on any atom is 0.175 e. The van der Waals surface area contributed by atoms with Crippen molar-refractivity contribution in [2.45, 2.75) is 26.9 Å². The van der Waals surface area contributed by atoms with E-state index in [1.54, 1.807) is 24.3 Å². The lowest BCUT2D eigenvalue weighted by atomic mass is 10.0. The summed E-state index contributed by atoms with van der Waals surface area (Å²) in [6.07, 6.45) is 1.76. The third-order valence-electron chi connectivity index (χ3n) is 3.34. The van der Waals surface area contributed by atoms with Crippen molar-refractivity contribution in [3.63, 3.8) is 0 Å². The van der Waals surface area contributed by atoms with E-state index in [0.29, 0.717) is 39.3 Å². The number of allylic oxidation sites excluding steroid dienone is 1. The molecule has 2 rings (SSSR count). The zero-order valence-electron chi connectivity index (χ0n) is 14.6. The second-order valence-electron chi connectivity index (χ2n) is 5.72. The highest BCUT2D eigenvalue weighted by atomic mass is 79.9. The van der Waals surface area contributed by atoms with Crippen LogP contribution in [0.2, 0.25) is 10.0 Å². The Labute approximate surface area is 172 Å². The van der Waals surface area contributed by atoms with Gasteiger partial charge in [0.25, 0.3) is 0 Å². The third kappa shape index (κ3) is 5.17. The highest BCUT2D eigenvalue weighted by molar-refractivity contribution is 9.10. The first-order valence-corrected chi connectivity index (χ1v) is 9.60. The first kappa shape index (κ1) is 20.6. The monoisotopic (exact) mass is 453 g/mol. The molecule has 0 fully saturated rings. The van der Waals surface area contributed by atoms with E-state index in [0.717, 1.165) is 10.0 Å². The largest absolute Gasteiger partial charge is 0.490 e. The summed E-state index contributed by atoms with van der Waals surface area (Å²) < 4.78 is 12.3. The van der Waals surface area contributed by atoms with Gasteiger partial charge in [-0.2, -0.15) is 5.26 Å². The molecule has 2 aromatic rings. The Bertz CT molecular complexity index is 873. The van der Waals surface area contributed by atoms with Gasteiger partial charge >= 0.3 is 0 Å². The SMILES string of the molecule is CCOc1cc(/C=C(\C#N)c2ccc(Cl)cc2Cl)cc(Br)c1OC(C)C. The van der Waals surface area contributed by atoms with Gasteiger partial charge in [0.2, 0.25) is 0 Å². The summed E-state index contributed by atoms with van der Waals surface area (Å²) in [6, 6.07) is 11.0. The second kappa shape index (κ2) is 9.32. The Balaban J connectivity index is 2.52. The van der Waals surface area contributed by atoms with Crippen LogP contribution >= 0.6 is 39.1 Å². The summed E-state index contributed by atoms with van der Waals surface area (Å²) in [5.74, 6) is 1.25. The molecule has 136 valence electrons. The Hall–Kier alpha value is -1.67. The molecule has 0 saturated heterocycles. The molecule has 0 heterocycles. The van der Waals surface area contributed by atoms with Crippen molar-refractivity contribution in [3.05, 3.63) is 56.0 Å². The maximum atomic E-state index is 9.57. The van der Waals surface area contributed by atoms with Crippen LogP contribution < -0.4 is 9.47 Å². The van der Waals surface area contributed by atoms with Gasteiger partial charge in [-0.25, -0.2) is 0 Å². The van der Waals surface area contributed by atoms with Crippen LogP contribution in [0.25, 0.3) is 11.6 Å². The molecule has 0 aliphatic carbocycles. The predicted octanol–water partition coefficient (Wildman–Crippen LogP) is 7.01. The molecule has 0 spiro atoms. The number of nitriles is 1. The lowest BCUT2D eigenvalue weighted by Gasteiger charge is -2.17. The van der Waals surface area contributed by atoms with Crippen LogP contribution in [0.5, 0.6) is 11.5 Å². The number of nitrogens with zero attached hydrogens (tertiary/aromatic N) is 1. The Morgan fingerprint density at radius 1 is 1.27 bits per heavy atom. The van der Waals surface area contributed by atoms with Crippen LogP contribution in [0.1, 0.15) is 31.9 Å². The molecule has 0 aliphatic rings. The van der Waals surface area contributed by atoms with E-state index in [1.165, 1.54) is 0 Å². The molecule has 3 nitrogen and oxygen atoms in total. The molecule has 6 heteroatoms. The fourth-order valence-electron chi connectivity index (χ4n) is 2.33. The summed E-state index contributed by atoms with van der Waals surface area (Å²) >= 11 is 15.7. The van der Waals surface area contributed by atoms with Crippen LogP contribution in [-0.4, -0.2) is 12.7 Å². The molecule has 0 N–H and O–H groups in total. The highest BCUT2D eigenvalue weighted by Crippen LogP contribution is 2.39. The standard InChI is InChI=1S/C20H18BrCl2NO2/c1-4-25-19-9-13(8-17(21)20(19)26-12(2)3)7-14(11-24)16-6-5-15(22)10-18(16)23/h5-10,12H,4H2,1-3H3/b14-7+. The minimum atomic E-state index is 0.00874. The van der Waals surface area contributed by atoms with Gasteiger partial charge in [-0.1, -0.05) is 29.3 Å². The van der Waals surface area contributed by atoms with Gasteiger partial charge < -0.3 is 9.47 Å². The van der Waals surface area contributed by atoms with Gasteiger partial charge in [0.1, 0.15) is 0 Å². The topological polar surface area (TPSA) is 42.2 Å². The quantitative estimate of drug-likeness (QED) is 0.348. The minimum Gasteiger partial charge on any atom is -0.490 e. The van der Waals surface area contributed by atoms with Crippen LogP contribution in [0.15, 0.2) is 34.8 Å². The summed E-state index contributed by atoms with van der Waals surface area (Å²) in [5, 5.41) is 10.5. The molecule has 0 unspecified atom stereocenters. The minimum absolute atomic E-state index is 0.00874. The van der Waals surface area contributed by atoms with E-state index in [-0.39, 0.29) is 6.10 Å². The average molecular weight is 455 g/mol. The van der Waals surface area contributed by atoms with E-state index < -0.39 is 0 Å². The zero-order chi connectivity index (χ0) is 19.3. The summed E-state index contributed by atoms with van der Waals surface area (Å²) in [7, 11) is 0. The number of benzene rings is 2. The second-order valence-corrected chi connectivity index (χ2v) is 7.42. The van der Waals surface area contributed by atoms with E-state index in [2.05, 4.69) is 22.0 Å². The smallest absolute Gasteiger partial charge is 0.175 e. The predicted molar refractivity (Wildman–Crippen MR) is 111 cm³/mol. The summed E-state index contributed by atoms with van der Waals surface area (Å²) in [6.45, 7) is 6.31. The van der Waals surface area contributed by atoms with Crippen LogP contribution in [0.3, 0.4) is 0 Å². The van der Waals surface area contributed by atoms with Crippen molar-refractivity contribution in [2.24, 2.45) is 0 Å². The average Bonchev–Trinajstić information content (AvgIpc) is 2.56. The third-order valence-corrected chi connectivity index (χ3v) is 4.47. The lowest BCUT2D eigenvalue weighted by molar-refractivity contribution is 0.222. The molecule has 0 amide bonds. The van der Waals surface area contributed by atoms with Crippen LogP contribution in [0.4, 0.5) is 0 Å². The molecule has 0 bridgehead atoms. The van der Waals surface area contributed by atoms with E-state index >= 15 is 0 Å². The van der Waals surface area contributed by atoms with Gasteiger partial charge in [0.05, 0.1) is 33.8 Å². The van der Waals surface area contributed by atoms with E-state index in [9.17, 15) is 5.26 Å². The number of halogens is 3. The molecular weight excluding hydrogens is 437 g/mol. The van der Waals surface area contributed by atoms with Crippen molar-refractivity contribution < 1.29 is 9.47 Å². The van der Waals surface area contributed by atoms with Crippen LogP contribution in [-0.2, 0) is 0 Å². The van der Waals surface area contributed by atoms with Gasteiger partial charge in [0.15, 0.2) is 11.5 Å². The molecular formula is C20H18BrCl2NO2. The molecule has 0 aromatic heterocycles. The highest BCUT2D eigenvalue weighted by Gasteiger charge is 2.14.